The number of benzene rings is 1. The number of nitrogens with zero attached hydrogens (tertiary/aromatic N) is 5. The molecule has 0 saturated heterocycles. The van der Waals surface area contributed by atoms with Crippen LogP contribution in [-0.2, 0) is 6.54 Å². The highest BCUT2D eigenvalue weighted by Crippen LogP contribution is 2.36. The maximum absolute atomic E-state index is 6.04. The second kappa shape index (κ2) is 8.89. The fraction of sp³-hybridized carbons (Fsp3) is 0.300. The minimum Gasteiger partial charge on any atom is -0.488 e. The topological polar surface area (TPSA) is 143 Å². The summed E-state index contributed by atoms with van der Waals surface area (Å²) in [4.78, 5) is 9.48. The van der Waals surface area contributed by atoms with Crippen molar-refractivity contribution >= 4 is 16.9 Å². The number of hydrogen-bond acceptors (Lipinski definition) is 9. The average molecular weight is 408 g/mol. The lowest BCUT2D eigenvalue weighted by atomic mass is 10.1. The Bertz CT molecular complexity index is 1120. The summed E-state index contributed by atoms with van der Waals surface area (Å²) in [6.07, 6.45) is 1.73. The predicted octanol–water partition coefficient (Wildman–Crippen LogP) is 1.68. The molecule has 0 spiro atoms. The number of nitrogen functional groups attached to an aromatic ring is 1. The van der Waals surface area contributed by atoms with Gasteiger partial charge < -0.3 is 26.1 Å². The molecule has 156 valence electrons. The Hall–Kier alpha value is -3.50. The lowest BCUT2D eigenvalue weighted by molar-refractivity contribution is 0.310. The molecular weight excluding hydrogens is 384 g/mol. The van der Waals surface area contributed by atoms with E-state index in [0.717, 1.165) is 23.3 Å². The Balaban J connectivity index is 1.84. The minimum absolute atomic E-state index is 0.183. The summed E-state index contributed by atoms with van der Waals surface area (Å²) >= 11 is 0. The summed E-state index contributed by atoms with van der Waals surface area (Å²) in [5, 5.41) is 10.8. The molecule has 0 unspecified atom stereocenters. The van der Waals surface area contributed by atoms with Crippen LogP contribution < -0.4 is 21.5 Å². The van der Waals surface area contributed by atoms with Gasteiger partial charge in [-0.3, -0.25) is 0 Å². The van der Waals surface area contributed by atoms with Crippen LogP contribution in [0.2, 0.25) is 0 Å². The van der Waals surface area contributed by atoms with Crippen LogP contribution in [0.5, 0.6) is 5.75 Å². The van der Waals surface area contributed by atoms with Gasteiger partial charge in [-0.2, -0.15) is 0 Å². The van der Waals surface area contributed by atoms with Crippen molar-refractivity contribution < 1.29 is 9.37 Å². The third-order valence-electron chi connectivity index (χ3n) is 4.68. The van der Waals surface area contributed by atoms with Gasteiger partial charge in [-0.25, -0.2) is 14.6 Å². The number of pyridine rings is 1. The van der Waals surface area contributed by atoms with Crippen molar-refractivity contribution in [2.24, 2.45) is 5.73 Å². The second-order valence-electron chi connectivity index (χ2n) is 6.60. The number of aromatic nitrogens is 5. The number of nitrogens with one attached hydrogen (secondary N) is 1. The zero-order valence-electron chi connectivity index (χ0n) is 16.7. The van der Waals surface area contributed by atoms with Crippen LogP contribution in [0.25, 0.3) is 33.8 Å². The number of rotatable bonds is 9. The number of aryl methyl sites for hydroxylation is 1. The number of fused-ring (bicyclic) bond motifs is 1. The Morgan fingerprint density at radius 1 is 1.13 bits per heavy atom. The Labute approximate surface area is 173 Å². The van der Waals surface area contributed by atoms with Gasteiger partial charge in [-0.05, 0) is 17.2 Å². The van der Waals surface area contributed by atoms with E-state index < -0.39 is 0 Å². The van der Waals surface area contributed by atoms with Gasteiger partial charge in [0.2, 0.25) is 0 Å². The van der Waals surface area contributed by atoms with Gasteiger partial charge in [0.1, 0.15) is 17.6 Å². The lowest BCUT2D eigenvalue weighted by Crippen LogP contribution is -2.26. The van der Waals surface area contributed by atoms with Crippen molar-refractivity contribution in [1.29, 1.82) is 0 Å². The van der Waals surface area contributed by atoms with E-state index in [-0.39, 0.29) is 5.82 Å². The molecule has 0 bridgehead atoms. The van der Waals surface area contributed by atoms with Gasteiger partial charge in [-0.15, -0.1) is 0 Å². The van der Waals surface area contributed by atoms with Crippen molar-refractivity contribution in [2.45, 2.75) is 13.5 Å². The molecule has 0 radical (unpaired) electrons. The zero-order chi connectivity index (χ0) is 20.9. The normalized spacial score (nSPS) is 11.3. The number of imidazole rings is 1. The van der Waals surface area contributed by atoms with Crippen molar-refractivity contribution in [3.05, 3.63) is 36.5 Å². The van der Waals surface area contributed by atoms with Crippen LogP contribution in [0.15, 0.2) is 41.2 Å². The molecule has 0 saturated carbocycles. The van der Waals surface area contributed by atoms with E-state index in [4.69, 9.17) is 25.8 Å². The summed E-state index contributed by atoms with van der Waals surface area (Å²) in [5.41, 5.74) is 15.1. The first-order valence-corrected chi connectivity index (χ1v) is 9.81. The fourth-order valence-corrected chi connectivity index (χ4v) is 3.33. The molecule has 0 aliphatic rings. The third-order valence-corrected chi connectivity index (χ3v) is 4.68. The highest BCUT2D eigenvalue weighted by molar-refractivity contribution is 5.95. The van der Waals surface area contributed by atoms with E-state index in [1.165, 1.54) is 0 Å². The molecule has 0 atom stereocenters. The van der Waals surface area contributed by atoms with Gasteiger partial charge in [0, 0.05) is 31.7 Å². The summed E-state index contributed by atoms with van der Waals surface area (Å²) in [6.45, 7) is 5.10. The highest BCUT2D eigenvalue weighted by atomic mass is 16.6. The predicted molar refractivity (Wildman–Crippen MR) is 114 cm³/mol. The summed E-state index contributed by atoms with van der Waals surface area (Å²) in [5.74, 6) is 1.38. The molecule has 30 heavy (non-hydrogen) atoms. The molecule has 0 aliphatic heterocycles. The maximum atomic E-state index is 6.04. The molecule has 0 aliphatic carbocycles. The standard InChI is InChI=1S/C20H24N8O2/c1-2-28-18-14(29-11-10-23-9-8-21)12-24-15(13-6-4-3-5-7-13)16(18)25-20(28)17-19(22)27-30-26-17/h3-7,12,23H,2,8-11,21H2,1H3,(H2,22,27). The molecule has 4 aromatic rings. The van der Waals surface area contributed by atoms with Crippen molar-refractivity contribution in [2.75, 3.05) is 32.0 Å². The molecule has 10 nitrogen and oxygen atoms in total. The number of ether oxygens (including phenoxy) is 1. The molecule has 10 heteroatoms. The highest BCUT2D eigenvalue weighted by Gasteiger charge is 2.23. The average Bonchev–Trinajstić information content (AvgIpc) is 3.37. The van der Waals surface area contributed by atoms with Crippen LogP contribution in [0.1, 0.15) is 6.92 Å². The van der Waals surface area contributed by atoms with Gasteiger partial charge in [0.15, 0.2) is 23.1 Å². The SMILES string of the molecule is CCn1c(-c2nonc2N)nc2c(-c3ccccc3)ncc(OCCNCCN)c21. The minimum atomic E-state index is 0.183. The molecule has 3 heterocycles. The number of anilines is 1. The van der Waals surface area contributed by atoms with Crippen LogP contribution in [0.4, 0.5) is 5.82 Å². The largest absolute Gasteiger partial charge is 0.488 e. The molecule has 0 amide bonds. The molecular formula is C20H24N8O2. The molecule has 0 fully saturated rings. The van der Waals surface area contributed by atoms with E-state index in [9.17, 15) is 0 Å². The first-order chi connectivity index (χ1) is 14.7. The van der Waals surface area contributed by atoms with E-state index in [1.54, 1.807) is 6.20 Å². The monoisotopic (exact) mass is 408 g/mol. The third kappa shape index (κ3) is 3.70. The first kappa shape index (κ1) is 19.8. The number of nitrogens with two attached hydrogens (primary N) is 2. The van der Waals surface area contributed by atoms with Crippen molar-refractivity contribution in [3.63, 3.8) is 0 Å². The van der Waals surface area contributed by atoms with Crippen LogP contribution in [0, 0.1) is 0 Å². The lowest BCUT2D eigenvalue weighted by Gasteiger charge is -2.12. The second-order valence-corrected chi connectivity index (χ2v) is 6.60. The molecule has 4 rings (SSSR count). The van der Waals surface area contributed by atoms with Crippen LogP contribution in [0.3, 0.4) is 0 Å². The van der Waals surface area contributed by atoms with Crippen molar-refractivity contribution in [1.82, 2.24) is 30.2 Å². The molecule has 3 aromatic heterocycles. The Morgan fingerprint density at radius 2 is 1.97 bits per heavy atom. The smallest absolute Gasteiger partial charge is 0.199 e. The molecule has 5 N–H and O–H groups in total. The van der Waals surface area contributed by atoms with Crippen LogP contribution >= 0.6 is 0 Å². The fourth-order valence-electron chi connectivity index (χ4n) is 3.33. The van der Waals surface area contributed by atoms with Crippen LogP contribution in [-0.4, -0.2) is 51.1 Å². The van der Waals surface area contributed by atoms with Gasteiger partial charge in [0.25, 0.3) is 0 Å². The van der Waals surface area contributed by atoms with Gasteiger partial charge in [0.05, 0.1) is 11.9 Å². The summed E-state index contributed by atoms with van der Waals surface area (Å²) < 4.78 is 12.8. The maximum Gasteiger partial charge on any atom is 0.199 e. The van der Waals surface area contributed by atoms with Gasteiger partial charge >= 0.3 is 0 Å². The first-order valence-electron chi connectivity index (χ1n) is 9.81. The molecule has 1 aromatic carbocycles. The van der Waals surface area contributed by atoms with E-state index in [1.807, 2.05) is 41.8 Å². The summed E-state index contributed by atoms with van der Waals surface area (Å²) in [7, 11) is 0. The van der Waals surface area contributed by atoms with Gasteiger partial charge in [-0.1, -0.05) is 30.3 Å². The Kier molecular flexibility index (Phi) is 5.87. The van der Waals surface area contributed by atoms with Crippen molar-refractivity contribution in [3.8, 4) is 28.5 Å². The van der Waals surface area contributed by atoms with E-state index in [0.29, 0.717) is 49.0 Å². The number of hydrogen-bond donors (Lipinski definition) is 3. The Morgan fingerprint density at radius 3 is 2.67 bits per heavy atom. The van der Waals surface area contributed by atoms with E-state index >= 15 is 0 Å². The quantitative estimate of drug-likeness (QED) is 0.352. The zero-order valence-corrected chi connectivity index (χ0v) is 16.7. The van der Waals surface area contributed by atoms with E-state index in [2.05, 4.69) is 20.6 Å². The summed E-state index contributed by atoms with van der Waals surface area (Å²) in [6, 6.07) is 9.89.